The summed E-state index contributed by atoms with van der Waals surface area (Å²) in [4.78, 5) is 0. The second-order valence-electron chi connectivity index (χ2n) is 3.99. The molecule has 1 aliphatic heterocycles. The number of nitrogens with zero attached hydrogens (tertiary/aromatic N) is 4. The summed E-state index contributed by atoms with van der Waals surface area (Å²) in [6.07, 6.45) is 4.69. The first-order chi connectivity index (χ1) is 7.90. The molecule has 0 N–H and O–H groups in total. The van der Waals surface area contributed by atoms with Crippen LogP contribution in [0.25, 0.3) is 0 Å². The third kappa shape index (κ3) is 2.72. The smallest absolute Gasteiger partial charge is 0.133 e. The van der Waals surface area contributed by atoms with Crippen LogP contribution in [0.5, 0.6) is 0 Å². The van der Waals surface area contributed by atoms with E-state index in [0.29, 0.717) is 0 Å². The third-order valence-electron chi connectivity index (χ3n) is 2.68. The Kier molecular flexibility index (Phi) is 3.75. The van der Waals surface area contributed by atoms with E-state index in [9.17, 15) is 0 Å². The van der Waals surface area contributed by atoms with Crippen molar-refractivity contribution in [2.45, 2.75) is 38.8 Å². The standard InChI is InChI=1S/C12H16N4/c1-2-3-4-6-10-7-5-8-11(9-10)12-13-15-16-14-12/h5,7-9,12H,2-4,6H2,1H3. The van der Waals surface area contributed by atoms with E-state index in [4.69, 9.17) is 0 Å². The van der Waals surface area contributed by atoms with E-state index in [1.807, 2.05) is 6.07 Å². The number of rotatable bonds is 5. The van der Waals surface area contributed by atoms with Crippen molar-refractivity contribution in [2.75, 3.05) is 0 Å². The van der Waals surface area contributed by atoms with Crippen LogP contribution in [0.15, 0.2) is 44.9 Å². The highest BCUT2D eigenvalue weighted by molar-refractivity contribution is 5.26. The molecule has 0 saturated heterocycles. The van der Waals surface area contributed by atoms with Crippen LogP contribution < -0.4 is 0 Å². The monoisotopic (exact) mass is 216 g/mol. The van der Waals surface area contributed by atoms with E-state index < -0.39 is 0 Å². The minimum absolute atomic E-state index is 0.217. The minimum atomic E-state index is -0.217. The van der Waals surface area contributed by atoms with Gasteiger partial charge in [0.1, 0.15) is 0 Å². The van der Waals surface area contributed by atoms with E-state index in [0.717, 1.165) is 12.0 Å². The van der Waals surface area contributed by atoms with Gasteiger partial charge in [-0.05, 0) is 28.9 Å². The molecule has 0 unspecified atom stereocenters. The van der Waals surface area contributed by atoms with Gasteiger partial charge in [-0.3, -0.25) is 0 Å². The Morgan fingerprint density at radius 3 is 2.69 bits per heavy atom. The molecule has 4 nitrogen and oxygen atoms in total. The first-order valence-corrected chi connectivity index (χ1v) is 5.79. The number of benzene rings is 1. The second-order valence-corrected chi connectivity index (χ2v) is 3.99. The molecule has 1 heterocycles. The van der Waals surface area contributed by atoms with Gasteiger partial charge in [-0.1, -0.05) is 44.0 Å². The first kappa shape index (κ1) is 10.9. The van der Waals surface area contributed by atoms with Crippen LogP contribution in [0.1, 0.15) is 43.5 Å². The SMILES string of the molecule is CCCCCc1cccc(C2N=NN=N2)c1. The average molecular weight is 216 g/mol. The molecule has 0 fully saturated rings. The maximum atomic E-state index is 3.94. The Hall–Kier alpha value is -1.58. The van der Waals surface area contributed by atoms with Crippen LogP contribution in [0.4, 0.5) is 0 Å². The minimum Gasteiger partial charge on any atom is -0.133 e. The van der Waals surface area contributed by atoms with Crippen molar-refractivity contribution >= 4 is 0 Å². The van der Waals surface area contributed by atoms with Crippen molar-refractivity contribution < 1.29 is 0 Å². The van der Waals surface area contributed by atoms with Crippen molar-refractivity contribution in [3.05, 3.63) is 35.4 Å². The zero-order valence-electron chi connectivity index (χ0n) is 9.50. The Morgan fingerprint density at radius 2 is 1.94 bits per heavy atom. The number of aryl methyl sites for hydroxylation is 1. The van der Waals surface area contributed by atoms with Gasteiger partial charge in [0, 0.05) is 5.56 Å². The summed E-state index contributed by atoms with van der Waals surface area (Å²) in [6.45, 7) is 2.22. The topological polar surface area (TPSA) is 49.4 Å². The molecule has 16 heavy (non-hydrogen) atoms. The first-order valence-electron chi connectivity index (χ1n) is 5.79. The highest BCUT2D eigenvalue weighted by Crippen LogP contribution is 2.24. The van der Waals surface area contributed by atoms with Crippen LogP contribution in [0.2, 0.25) is 0 Å². The second kappa shape index (κ2) is 5.49. The molecule has 0 spiro atoms. The Balaban J connectivity index is 2.01. The van der Waals surface area contributed by atoms with Gasteiger partial charge < -0.3 is 0 Å². The van der Waals surface area contributed by atoms with Crippen molar-refractivity contribution in [1.82, 2.24) is 0 Å². The van der Waals surface area contributed by atoms with E-state index in [-0.39, 0.29) is 6.17 Å². The maximum Gasteiger partial charge on any atom is 0.210 e. The quantitative estimate of drug-likeness (QED) is 0.661. The molecular weight excluding hydrogens is 200 g/mol. The normalized spacial score (nSPS) is 14.8. The highest BCUT2D eigenvalue weighted by Gasteiger charge is 2.12. The van der Waals surface area contributed by atoms with Gasteiger partial charge in [-0.25, -0.2) is 0 Å². The lowest BCUT2D eigenvalue weighted by atomic mass is 10.0. The molecule has 1 aromatic carbocycles. The summed E-state index contributed by atoms with van der Waals surface area (Å²) in [5.74, 6) is 0. The van der Waals surface area contributed by atoms with E-state index >= 15 is 0 Å². The van der Waals surface area contributed by atoms with Crippen LogP contribution in [0.3, 0.4) is 0 Å². The van der Waals surface area contributed by atoms with Gasteiger partial charge >= 0.3 is 0 Å². The molecule has 0 aromatic heterocycles. The van der Waals surface area contributed by atoms with Crippen molar-refractivity contribution in [3.8, 4) is 0 Å². The molecule has 0 saturated carbocycles. The lowest BCUT2D eigenvalue weighted by Gasteiger charge is -2.05. The number of hydrogen-bond donors (Lipinski definition) is 0. The zero-order valence-corrected chi connectivity index (χ0v) is 9.50. The molecule has 0 atom stereocenters. The number of unbranched alkanes of at least 4 members (excludes halogenated alkanes) is 2. The van der Waals surface area contributed by atoms with Crippen LogP contribution in [-0.4, -0.2) is 0 Å². The molecule has 0 aliphatic carbocycles. The third-order valence-corrected chi connectivity index (χ3v) is 2.68. The summed E-state index contributed by atoms with van der Waals surface area (Å²) in [5, 5.41) is 14.9. The van der Waals surface area contributed by atoms with Crippen LogP contribution in [-0.2, 0) is 6.42 Å². The summed E-state index contributed by atoms with van der Waals surface area (Å²) < 4.78 is 0. The van der Waals surface area contributed by atoms with Crippen molar-refractivity contribution in [2.24, 2.45) is 20.7 Å². The fraction of sp³-hybridized carbons (Fsp3) is 0.500. The fourth-order valence-electron chi connectivity index (χ4n) is 1.79. The summed E-state index contributed by atoms with van der Waals surface area (Å²) in [6, 6.07) is 8.39. The van der Waals surface area contributed by atoms with Gasteiger partial charge in [-0.15, -0.1) is 10.2 Å². The molecule has 4 heteroatoms. The van der Waals surface area contributed by atoms with E-state index in [1.54, 1.807) is 0 Å². The van der Waals surface area contributed by atoms with Crippen LogP contribution in [0, 0.1) is 0 Å². The average Bonchev–Trinajstić information content (AvgIpc) is 2.83. The Morgan fingerprint density at radius 1 is 1.12 bits per heavy atom. The molecule has 1 aromatic rings. The summed E-state index contributed by atoms with van der Waals surface area (Å²) >= 11 is 0. The lowest BCUT2D eigenvalue weighted by molar-refractivity contribution is 0.713. The Bertz CT molecular complexity index is 386. The van der Waals surface area contributed by atoms with Gasteiger partial charge in [-0.2, -0.15) is 0 Å². The zero-order chi connectivity index (χ0) is 11.2. The van der Waals surface area contributed by atoms with Crippen molar-refractivity contribution in [3.63, 3.8) is 0 Å². The summed E-state index contributed by atoms with van der Waals surface area (Å²) in [5.41, 5.74) is 2.43. The molecule has 2 rings (SSSR count). The maximum absolute atomic E-state index is 3.94. The predicted octanol–water partition coefficient (Wildman–Crippen LogP) is 4.25. The highest BCUT2D eigenvalue weighted by atomic mass is 15.6. The van der Waals surface area contributed by atoms with E-state index in [1.165, 1.54) is 24.8 Å². The van der Waals surface area contributed by atoms with Crippen LogP contribution >= 0.6 is 0 Å². The summed E-state index contributed by atoms with van der Waals surface area (Å²) in [7, 11) is 0. The molecule has 1 aliphatic rings. The number of hydrogen-bond acceptors (Lipinski definition) is 4. The largest absolute Gasteiger partial charge is 0.210 e. The predicted molar refractivity (Wildman–Crippen MR) is 62.1 cm³/mol. The van der Waals surface area contributed by atoms with Gasteiger partial charge in [0.25, 0.3) is 0 Å². The Labute approximate surface area is 95.5 Å². The van der Waals surface area contributed by atoms with Crippen molar-refractivity contribution in [1.29, 1.82) is 0 Å². The van der Waals surface area contributed by atoms with E-state index in [2.05, 4.69) is 45.8 Å². The van der Waals surface area contributed by atoms with Gasteiger partial charge in [0.2, 0.25) is 6.17 Å². The molecule has 0 radical (unpaired) electrons. The lowest BCUT2D eigenvalue weighted by Crippen LogP contribution is -1.92. The molecular formula is C12H16N4. The molecule has 84 valence electrons. The fourth-order valence-corrected chi connectivity index (χ4v) is 1.79. The van der Waals surface area contributed by atoms with Gasteiger partial charge in [0.15, 0.2) is 0 Å². The molecule has 0 amide bonds. The van der Waals surface area contributed by atoms with Gasteiger partial charge in [0.05, 0.1) is 0 Å². The molecule has 0 bridgehead atoms.